The summed E-state index contributed by atoms with van der Waals surface area (Å²) in [7, 11) is -2.78. The summed E-state index contributed by atoms with van der Waals surface area (Å²) in [5, 5.41) is 11.8. The van der Waals surface area contributed by atoms with Gasteiger partial charge in [0.2, 0.25) is 0 Å². The summed E-state index contributed by atoms with van der Waals surface area (Å²) < 4.78 is 25.6. The van der Waals surface area contributed by atoms with Crippen molar-refractivity contribution in [3.8, 4) is 0 Å². The van der Waals surface area contributed by atoms with Crippen LogP contribution in [0.1, 0.15) is 52.9 Å². The number of carboxylic acids is 1. The van der Waals surface area contributed by atoms with Crippen LogP contribution < -0.4 is 5.32 Å². The Kier molecular flexibility index (Phi) is 8.62. The van der Waals surface area contributed by atoms with Crippen molar-refractivity contribution in [1.29, 1.82) is 0 Å². The van der Waals surface area contributed by atoms with Gasteiger partial charge in [0.1, 0.15) is 6.54 Å². The van der Waals surface area contributed by atoms with E-state index >= 15 is 0 Å². The first-order valence-electron chi connectivity index (χ1n) is 10.2. The molecule has 1 aromatic rings. The third kappa shape index (κ3) is 6.64. The van der Waals surface area contributed by atoms with Crippen LogP contribution in [-0.4, -0.2) is 65.9 Å². The second-order valence-corrected chi connectivity index (χ2v) is 11.7. The number of urea groups is 1. The lowest BCUT2D eigenvalue weighted by Gasteiger charge is -2.36. The number of carbonyl (C=O) groups is 2. The Morgan fingerprint density at radius 2 is 1.93 bits per heavy atom. The predicted molar refractivity (Wildman–Crippen MR) is 116 cm³/mol. The van der Waals surface area contributed by atoms with Crippen molar-refractivity contribution in [1.82, 2.24) is 14.2 Å². The number of carbonyl (C=O) groups excluding carboxylic acids is 1. The molecule has 9 nitrogen and oxygen atoms in total. The summed E-state index contributed by atoms with van der Waals surface area (Å²) in [6.07, 6.45) is 6.14. The number of rotatable bonds is 9. The van der Waals surface area contributed by atoms with Crippen LogP contribution in [0.3, 0.4) is 0 Å². The minimum absolute atomic E-state index is 0.109. The van der Waals surface area contributed by atoms with E-state index in [0.29, 0.717) is 18.4 Å². The molecule has 30 heavy (non-hydrogen) atoms. The number of sulfonamides is 1. The van der Waals surface area contributed by atoms with Crippen LogP contribution in [-0.2, 0) is 14.8 Å². The number of likely N-dealkylation sites (N-methyl/N-ethyl adjacent to an activating group) is 1. The monoisotopic (exact) mass is 460 g/mol. The molecular formula is C19H32N4O5S2. The van der Waals surface area contributed by atoms with Gasteiger partial charge in [-0.1, -0.05) is 32.1 Å². The first kappa shape index (κ1) is 24.5. The molecule has 1 aliphatic carbocycles. The van der Waals surface area contributed by atoms with E-state index in [9.17, 15) is 18.0 Å². The summed E-state index contributed by atoms with van der Waals surface area (Å²) >= 11 is 0.820. The standard InChI is InChI=1S/C19H32N4O5S2/c1-13(2)9-10-23(15-7-5-14(3)6-8-15)19(26)21-18-20-11-17(29-18)30(27,28)22(4)12-16(24)25/h11,13-15H,5-10,12H2,1-4H3,(H,24,25)(H,20,21,26)/t14-,15-. The van der Waals surface area contributed by atoms with Crippen molar-refractivity contribution in [2.75, 3.05) is 25.5 Å². The summed E-state index contributed by atoms with van der Waals surface area (Å²) in [5.74, 6) is -0.114. The maximum absolute atomic E-state index is 13.0. The molecule has 1 fully saturated rings. The van der Waals surface area contributed by atoms with Crippen molar-refractivity contribution >= 4 is 38.5 Å². The van der Waals surface area contributed by atoms with Crippen LogP contribution in [0.5, 0.6) is 0 Å². The number of hydrogen-bond donors (Lipinski definition) is 2. The Balaban J connectivity index is 2.10. The molecule has 1 heterocycles. The minimum atomic E-state index is -3.97. The molecule has 1 aromatic heterocycles. The third-order valence-electron chi connectivity index (χ3n) is 5.36. The highest BCUT2D eigenvalue weighted by atomic mass is 32.2. The third-order valence-corrected chi connectivity index (χ3v) is 8.51. The average molecular weight is 461 g/mol. The molecule has 0 radical (unpaired) electrons. The van der Waals surface area contributed by atoms with Gasteiger partial charge < -0.3 is 10.0 Å². The molecule has 0 aliphatic heterocycles. The Bertz CT molecular complexity index is 832. The van der Waals surface area contributed by atoms with E-state index in [0.717, 1.165) is 53.9 Å². The fourth-order valence-corrected chi connectivity index (χ4v) is 5.78. The van der Waals surface area contributed by atoms with E-state index < -0.39 is 22.5 Å². The summed E-state index contributed by atoms with van der Waals surface area (Å²) in [6, 6.07) is -0.0998. The van der Waals surface area contributed by atoms with Crippen molar-refractivity contribution < 1.29 is 23.1 Å². The van der Waals surface area contributed by atoms with Crippen LogP contribution in [0, 0.1) is 11.8 Å². The summed E-state index contributed by atoms with van der Waals surface area (Å²) in [6.45, 7) is 6.45. The maximum Gasteiger partial charge on any atom is 0.323 e. The fraction of sp³-hybridized carbons (Fsp3) is 0.737. The van der Waals surface area contributed by atoms with Gasteiger partial charge in [0.15, 0.2) is 9.34 Å². The number of nitrogens with one attached hydrogen (secondary N) is 1. The van der Waals surface area contributed by atoms with Crippen LogP contribution in [0.4, 0.5) is 9.93 Å². The highest BCUT2D eigenvalue weighted by Crippen LogP contribution is 2.29. The van der Waals surface area contributed by atoms with Crippen molar-refractivity contribution in [2.45, 2.75) is 63.1 Å². The molecule has 11 heteroatoms. The van der Waals surface area contributed by atoms with Crippen molar-refractivity contribution in [3.05, 3.63) is 6.20 Å². The number of carboxylic acid groups (broad SMARTS) is 1. The largest absolute Gasteiger partial charge is 0.480 e. The van der Waals surface area contributed by atoms with E-state index in [4.69, 9.17) is 5.11 Å². The van der Waals surface area contributed by atoms with Crippen LogP contribution in [0.15, 0.2) is 10.4 Å². The molecule has 2 N–H and O–H groups in total. The van der Waals surface area contributed by atoms with E-state index in [1.165, 1.54) is 7.05 Å². The number of thiazole rings is 1. The number of hydrogen-bond acceptors (Lipinski definition) is 6. The minimum Gasteiger partial charge on any atom is -0.480 e. The van der Waals surface area contributed by atoms with Gasteiger partial charge >= 0.3 is 12.0 Å². The number of aromatic nitrogens is 1. The first-order valence-corrected chi connectivity index (χ1v) is 12.5. The van der Waals surface area contributed by atoms with Gasteiger partial charge in [-0.25, -0.2) is 18.2 Å². The van der Waals surface area contributed by atoms with Gasteiger partial charge in [-0.3, -0.25) is 10.1 Å². The molecule has 0 unspecified atom stereocenters. The van der Waals surface area contributed by atoms with Crippen LogP contribution >= 0.6 is 11.3 Å². The molecule has 0 bridgehead atoms. The van der Waals surface area contributed by atoms with Crippen molar-refractivity contribution in [2.24, 2.45) is 11.8 Å². The first-order chi connectivity index (χ1) is 14.0. The summed E-state index contributed by atoms with van der Waals surface area (Å²) in [5.41, 5.74) is 0. The van der Waals surface area contributed by atoms with Crippen LogP contribution in [0.2, 0.25) is 0 Å². The molecule has 1 aliphatic rings. The number of aliphatic carboxylic acids is 1. The smallest absolute Gasteiger partial charge is 0.323 e. The van der Waals surface area contributed by atoms with Crippen LogP contribution in [0.25, 0.3) is 0 Å². The number of nitrogens with zero attached hydrogens (tertiary/aromatic N) is 3. The average Bonchev–Trinajstić information content (AvgIpc) is 3.11. The highest BCUT2D eigenvalue weighted by Gasteiger charge is 2.29. The summed E-state index contributed by atoms with van der Waals surface area (Å²) in [4.78, 5) is 29.7. The molecule has 2 amide bonds. The predicted octanol–water partition coefficient (Wildman–Crippen LogP) is 3.31. The normalized spacial score (nSPS) is 19.8. The lowest BCUT2D eigenvalue weighted by Crippen LogP contribution is -2.45. The van der Waals surface area contributed by atoms with Gasteiger partial charge in [0, 0.05) is 19.6 Å². The highest BCUT2D eigenvalue weighted by molar-refractivity contribution is 7.91. The van der Waals surface area contributed by atoms with E-state index in [2.05, 4.69) is 31.1 Å². The number of amides is 2. The molecule has 0 spiro atoms. The second kappa shape index (κ2) is 10.5. The van der Waals surface area contributed by atoms with Gasteiger partial charge in [0.25, 0.3) is 10.0 Å². The van der Waals surface area contributed by atoms with Crippen molar-refractivity contribution in [3.63, 3.8) is 0 Å². The molecule has 1 saturated carbocycles. The molecule has 170 valence electrons. The lowest BCUT2D eigenvalue weighted by atomic mass is 9.86. The lowest BCUT2D eigenvalue weighted by molar-refractivity contribution is -0.137. The van der Waals surface area contributed by atoms with Gasteiger partial charge in [-0.2, -0.15) is 4.31 Å². The molecule has 0 aromatic carbocycles. The Hall–Kier alpha value is -1.72. The number of anilines is 1. The topological polar surface area (TPSA) is 120 Å². The maximum atomic E-state index is 13.0. The van der Waals surface area contributed by atoms with Gasteiger partial charge in [-0.15, -0.1) is 0 Å². The molecular weight excluding hydrogens is 428 g/mol. The Morgan fingerprint density at radius 3 is 2.50 bits per heavy atom. The molecule has 0 saturated heterocycles. The quantitative estimate of drug-likeness (QED) is 0.583. The Labute approximate surface area is 182 Å². The second-order valence-electron chi connectivity index (χ2n) is 8.36. The van der Waals surface area contributed by atoms with E-state index in [1.807, 2.05) is 4.90 Å². The zero-order chi connectivity index (χ0) is 22.5. The van der Waals surface area contributed by atoms with E-state index in [-0.39, 0.29) is 21.4 Å². The SMILES string of the molecule is CC(C)CCN(C(=O)Nc1ncc(S(=O)(=O)N(C)CC(=O)O)s1)[C@H]1CC[C@H](C)CC1. The van der Waals surface area contributed by atoms with Gasteiger partial charge in [-0.05, 0) is 43.9 Å². The zero-order valence-electron chi connectivity index (χ0n) is 18.0. The zero-order valence-corrected chi connectivity index (χ0v) is 19.6. The van der Waals surface area contributed by atoms with E-state index in [1.54, 1.807) is 0 Å². The Morgan fingerprint density at radius 1 is 1.30 bits per heavy atom. The molecule has 2 rings (SSSR count). The van der Waals surface area contributed by atoms with Gasteiger partial charge in [0.05, 0.1) is 6.20 Å². The fourth-order valence-electron chi connectivity index (χ4n) is 3.43. The molecule has 0 atom stereocenters.